The molecule has 0 fully saturated rings. The van der Waals surface area contributed by atoms with Crippen molar-refractivity contribution in [3.8, 4) is 0 Å². The van der Waals surface area contributed by atoms with Gasteiger partial charge in [0.1, 0.15) is 0 Å². The van der Waals surface area contributed by atoms with Crippen LogP contribution < -0.4 is 0 Å². The fourth-order valence-electron chi connectivity index (χ4n) is 1.09. The Balaban J connectivity index is 3.35. The molecule has 0 atom stereocenters. The van der Waals surface area contributed by atoms with Crippen LogP contribution in [0.2, 0.25) is 0 Å². The molecule has 0 heterocycles. The minimum atomic E-state index is -0.775. The molecule has 0 aliphatic rings. The SMILES string of the molecule is O=C(Cl)c1cc(C(=O)Cl)cc(C(=O)CCl)c1. The summed E-state index contributed by atoms with van der Waals surface area (Å²) in [6.45, 7) is 0. The van der Waals surface area contributed by atoms with Crippen molar-refractivity contribution in [2.45, 2.75) is 0 Å². The number of hydrogen-bond donors (Lipinski definition) is 0. The van der Waals surface area contributed by atoms with Gasteiger partial charge in [0.15, 0.2) is 5.78 Å². The number of ketones is 1. The maximum atomic E-state index is 11.3. The first kappa shape index (κ1) is 13.2. The number of carbonyl (C=O) groups excluding carboxylic acids is 3. The van der Waals surface area contributed by atoms with E-state index in [-0.39, 0.29) is 22.6 Å². The van der Waals surface area contributed by atoms with Crippen molar-refractivity contribution in [1.29, 1.82) is 0 Å². The average Bonchev–Trinajstić information content (AvgIpc) is 2.27. The Hall–Kier alpha value is -0.900. The first-order valence-electron chi connectivity index (χ1n) is 4.09. The van der Waals surface area contributed by atoms with Gasteiger partial charge in [-0.25, -0.2) is 0 Å². The highest BCUT2D eigenvalue weighted by atomic mass is 35.5. The Morgan fingerprint density at radius 2 is 1.25 bits per heavy atom. The molecule has 0 N–H and O–H groups in total. The van der Waals surface area contributed by atoms with Crippen molar-refractivity contribution < 1.29 is 14.4 Å². The third-order valence-corrected chi connectivity index (χ3v) is 2.51. The molecular formula is C10H5Cl3O3. The molecule has 1 rings (SSSR count). The molecule has 16 heavy (non-hydrogen) atoms. The molecule has 0 spiro atoms. The van der Waals surface area contributed by atoms with Crippen molar-refractivity contribution in [3.63, 3.8) is 0 Å². The van der Waals surface area contributed by atoms with E-state index in [1.54, 1.807) is 0 Å². The number of benzene rings is 1. The lowest BCUT2D eigenvalue weighted by Crippen LogP contribution is -2.05. The van der Waals surface area contributed by atoms with E-state index in [2.05, 4.69) is 0 Å². The minimum absolute atomic E-state index is 0.0293. The Bertz CT molecular complexity index is 436. The molecule has 0 unspecified atom stereocenters. The zero-order valence-corrected chi connectivity index (χ0v) is 10.1. The molecule has 0 aromatic heterocycles. The fourth-order valence-corrected chi connectivity index (χ4v) is 1.47. The number of halogens is 3. The van der Waals surface area contributed by atoms with Gasteiger partial charge in [-0.15, -0.1) is 11.6 Å². The average molecular weight is 280 g/mol. The zero-order chi connectivity index (χ0) is 12.3. The normalized spacial score (nSPS) is 9.94. The van der Waals surface area contributed by atoms with Crippen LogP contribution in [0.4, 0.5) is 0 Å². The van der Waals surface area contributed by atoms with Gasteiger partial charge in [-0.1, -0.05) is 0 Å². The molecule has 0 aliphatic carbocycles. The molecule has 0 amide bonds. The van der Waals surface area contributed by atoms with Crippen molar-refractivity contribution >= 4 is 51.1 Å². The predicted octanol–water partition coefficient (Wildman–Crippen LogP) is 2.87. The van der Waals surface area contributed by atoms with Crippen LogP contribution in [0.1, 0.15) is 31.1 Å². The lowest BCUT2D eigenvalue weighted by atomic mass is 10.0. The molecule has 0 saturated carbocycles. The smallest absolute Gasteiger partial charge is 0.252 e. The molecular weight excluding hydrogens is 274 g/mol. The van der Waals surface area contributed by atoms with Crippen LogP contribution >= 0.6 is 34.8 Å². The summed E-state index contributed by atoms with van der Waals surface area (Å²) < 4.78 is 0. The zero-order valence-electron chi connectivity index (χ0n) is 7.80. The van der Waals surface area contributed by atoms with E-state index in [1.807, 2.05) is 0 Å². The van der Waals surface area contributed by atoms with Gasteiger partial charge in [0.05, 0.1) is 5.88 Å². The van der Waals surface area contributed by atoms with Gasteiger partial charge < -0.3 is 0 Å². The number of Topliss-reactive ketones (excluding diaryl/α,β-unsaturated/α-hetero) is 1. The van der Waals surface area contributed by atoms with Gasteiger partial charge in [-0.3, -0.25) is 14.4 Å². The molecule has 0 radical (unpaired) electrons. The summed E-state index contributed by atoms with van der Waals surface area (Å²) in [5.41, 5.74) is 0.189. The van der Waals surface area contributed by atoms with Crippen molar-refractivity contribution in [3.05, 3.63) is 34.9 Å². The lowest BCUT2D eigenvalue weighted by Gasteiger charge is -2.02. The van der Waals surface area contributed by atoms with E-state index < -0.39 is 16.3 Å². The van der Waals surface area contributed by atoms with Crippen LogP contribution in [-0.2, 0) is 0 Å². The molecule has 0 bridgehead atoms. The summed E-state index contributed by atoms with van der Waals surface area (Å²) in [4.78, 5) is 33.2. The molecule has 0 saturated heterocycles. The van der Waals surface area contributed by atoms with E-state index in [0.717, 1.165) is 0 Å². The Morgan fingerprint density at radius 3 is 1.56 bits per heavy atom. The second-order valence-corrected chi connectivity index (χ2v) is 3.86. The quantitative estimate of drug-likeness (QED) is 0.484. The predicted molar refractivity (Wildman–Crippen MR) is 61.9 cm³/mol. The summed E-state index contributed by atoms with van der Waals surface area (Å²) in [6.07, 6.45) is 0. The minimum Gasteiger partial charge on any atom is -0.293 e. The van der Waals surface area contributed by atoms with Crippen LogP contribution in [0.3, 0.4) is 0 Å². The molecule has 6 heteroatoms. The summed E-state index contributed by atoms with van der Waals surface area (Å²) in [7, 11) is 0. The summed E-state index contributed by atoms with van der Waals surface area (Å²) in [5.74, 6) is -0.670. The van der Waals surface area contributed by atoms with E-state index >= 15 is 0 Å². The van der Waals surface area contributed by atoms with Gasteiger partial charge in [-0.05, 0) is 41.4 Å². The van der Waals surface area contributed by atoms with E-state index in [0.29, 0.717) is 0 Å². The monoisotopic (exact) mass is 278 g/mol. The van der Waals surface area contributed by atoms with Crippen molar-refractivity contribution in [2.24, 2.45) is 0 Å². The number of rotatable bonds is 4. The van der Waals surface area contributed by atoms with Crippen LogP contribution in [0.15, 0.2) is 18.2 Å². The largest absolute Gasteiger partial charge is 0.293 e. The van der Waals surface area contributed by atoms with Crippen LogP contribution in [0.25, 0.3) is 0 Å². The Kier molecular flexibility index (Phi) is 4.47. The molecule has 0 aliphatic heterocycles. The fraction of sp³-hybridized carbons (Fsp3) is 0.100. The summed E-state index contributed by atoms with van der Waals surface area (Å²) in [5, 5.41) is -1.55. The molecule has 84 valence electrons. The van der Waals surface area contributed by atoms with Gasteiger partial charge in [0.2, 0.25) is 0 Å². The van der Waals surface area contributed by atoms with E-state index in [9.17, 15) is 14.4 Å². The first-order chi connectivity index (χ1) is 7.45. The van der Waals surface area contributed by atoms with Crippen molar-refractivity contribution in [2.75, 3.05) is 5.88 Å². The first-order valence-corrected chi connectivity index (χ1v) is 5.38. The topological polar surface area (TPSA) is 51.2 Å². The van der Waals surface area contributed by atoms with Gasteiger partial charge in [-0.2, -0.15) is 0 Å². The Labute approximate surface area is 106 Å². The molecule has 3 nitrogen and oxygen atoms in total. The summed E-state index contributed by atoms with van der Waals surface area (Å²) in [6, 6.07) is 3.75. The molecule has 1 aromatic rings. The highest BCUT2D eigenvalue weighted by Crippen LogP contribution is 2.15. The second-order valence-electron chi connectivity index (χ2n) is 2.90. The standard InChI is InChI=1S/C10H5Cl3O3/c11-4-8(14)5-1-6(9(12)15)3-7(2-5)10(13)16/h1-3H,4H2. The van der Waals surface area contributed by atoms with Gasteiger partial charge >= 0.3 is 0 Å². The Morgan fingerprint density at radius 1 is 0.875 bits per heavy atom. The van der Waals surface area contributed by atoms with E-state index in [1.165, 1.54) is 18.2 Å². The van der Waals surface area contributed by atoms with Crippen LogP contribution in [0, 0.1) is 0 Å². The molecule has 1 aromatic carbocycles. The number of carbonyl (C=O) groups is 3. The lowest BCUT2D eigenvalue weighted by molar-refractivity contribution is 0.102. The third-order valence-electron chi connectivity index (χ3n) is 1.83. The van der Waals surface area contributed by atoms with E-state index in [4.69, 9.17) is 34.8 Å². The van der Waals surface area contributed by atoms with Gasteiger partial charge in [0.25, 0.3) is 10.5 Å². The van der Waals surface area contributed by atoms with Crippen LogP contribution in [0.5, 0.6) is 0 Å². The van der Waals surface area contributed by atoms with Crippen LogP contribution in [-0.4, -0.2) is 22.1 Å². The maximum Gasteiger partial charge on any atom is 0.252 e. The van der Waals surface area contributed by atoms with Gasteiger partial charge in [0, 0.05) is 16.7 Å². The second kappa shape index (κ2) is 5.43. The highest BCUT2D eigenvalue weighted by Gasteiger charge is 2.13. The third kappa shape index (κ3) is 3.04. The summed E-state index contributed by atoms with van der Waals surface area (Å²) >= 11 is 15.9. The number of alkyl halides is 1. The highest BCUT2D eigenvalue weighted by molar-refractivity contribution is 6.69. The number of hydrogen-bond acceptors (Lipinski definition) is 3. The van der Waals surface area contributed by atoms with Crippen molar-refractivity contribution in [1.82, 2.24) is 0 Å². The maximum absolute atomic E-state index is 11.3.